The fourth-order valence-corrected chi connectivity index (χ4v) is 1.62. The van der Waals surface area contributed by atoms with E-state index in [9.17, 15) is 4.57 Å². The van der Waals surface area contributed by atoms with Crippen LogP contribution in [-0.4, -0.2) is 9.79 Å². The molecule has 0 spiro atoms. The molecular weight excluding hydrogens is 211 g/mol. The minimum absolute atomic E-state index is 0.557. The maximum atomic E-state index is 10.9. The van der Waals surface area contributed by atoms with Crippen LogP contribution in [0.3, 0.4) is 0 Å². The van der Waals surface area contributed by atoms with Crippen LogP contribution >= 0.6 is 19.2 Å². The van der Waals surface area contributed by atoms with Crippen molar-refractivity contribution < 1.29 is 14.4 Å². The van der Waals surface area contributed by atoms with E-state index in [1.54, 1.807) is 24.3 Å². The molecule has 0 aliphatic heterocycles. The van der Waals surface area contributed by atoms with E-state index in [-0.39, 0.29) is 0 Å². The minimum atomic E-state index is -4.04. The maximum Gasteiger partial charge on any atom is 0.332 e. The molecule has 0 bridgehead atoms. The lowest BCUT2D eigenvalue weighted by molar-refractivity contribution is 0.362. The molecule has 1 atom stereocenters. The van der Waals surface area contributed by atoms with E-state index in [2.05, 4.69) is 0 Å². The van der Waals surface area contributed by atoms with Gasteiger partial charge in [0.1, 0.15) is 0 Å². The first-order valence-corrected chi connectivity index (χ1v) is 5.78. The summed E-state index contributed by atoms with van der Waals surface area (Å²) in [6.45, 7) is 1.49. The van der Waals surface area contributed by atoms with Crippen LogP contribution in [0, 0.1) is 0 Å². The molecule has 72 valence electrons. The Bertz CT molecular complexity index is 330. The van der Waals surface area contributed by atoms with Gasteiger partial charge in [-0.2, -0.15) is 0 Å². The average molecular weight is 221 g/mol. The molecule has 5 heteroatoms. The summed E-state index contributed by atoms with van der Waals surface area (Å²) in [5.74, 6) is 0. The van der Waals surface area contributed by atoms with Crippen molar-refractivity contribution in [2.24, 2.45) is 0 Å². The van der Waals surface area contributed by atoms with Gasteiger partial charge in [-0.3, -0.25) is 4.57 Å². The monoisotopic (exact) mass is 220 g/mol. The molecule has 13 heavy (non-hydrogen) atoms. The molecule has 0 saturated carbocycles. The Morgan fingerprint density at radius 1 is 1.31 bits per heavy atom. The Balaban J connectivity index is 2.97. The predicted molar refractivity (Wildman–Crippen MR) is 51.9 cm³/mol. The third-order valence-electron chi connectivity index (χ3n) is 1.86. The van der Waals surface area contributed by atoms with Crippen LogP contribution < -0.4 is 0 Å². The third-order valence-corrected chi connectivity index (χ3v) is 3.42. The largest absolute Gasteiger partial charge is 0.332 e. The maximum absolute atomic E-state index is 10.9. The van der Waals surface area contributed by atoms with Crippen LogP contribution in [-0.2, 0) is 4.57 Å². The lowest BCUT2D eigenvalue weighted by Crippen LogP contribution is -1.93. The lowest BCUT2D eigenvalue weighted by atomic mass is 10.2. The van der Waals surface area contributed by atoms with E-state index in [0.717, 1.165) is 0 Å². The van der Waals surface area contributed by atoms with E-state index in [1.165, 1.54) is 6.92 Å². The van der Waals surface area contributed by atoms with E-state index < -0.39 is 13.3 Å². The highest BCUT2D eigenvalue weighted by molar-refractivity contribution is 7.52. The molecule has 0 aliphatic rings. The Morgan fingerprint density at radius 3 is 2.15 bits per heavy atom. The quantitative estimate of drug-likeness (QED) is 0.753. The molecule has 0 heterocycles. The van der Waals surface area contributed by atoms with E-state index >= 15 is 0 Å². The highest BCUT2D eigenvalue weighted by atomic mass is 35.5. The number of rotatable bonds is 2. The van der Waals surface area contributed by atoms with Crippen molar-refractivity contribution in [3.05, 3.63) is 34.9 Å². The Hall–Kier alpha value is -0.340. The number of benzene rings is 1. The fourth-order valence-electron chi connectivity index (χ4n) is 0.935. The summed E-state index contributed by atoms with van der Waals surface area (Å²) in [6, 6.07) is 6.46. The van der Waals surface area contributed by atoms with Crippen molar-refractivity contribution in [2.75, 3.05) is 0 Å². The molecule has 0 amide bonds. The first-order valence-electron chi connectivity index (χ1n) is 3.72. The molecule has 1 rings (SSSR count). The molecule has 1 unspecified atom stereocenters. The molecule has 0 saturated heterocycles. The molecule has 0 aliphatic carbocycles. The van der Waals surface area contributed by atoms with Gasteiger partial charge in [0.15, 0.2) is 0 Å². The fraction of sp³-hybridized carbons (Fsp3) is 0.250. The van der Waals surface area contributed by atoms with Crippen molar-refractivity contribution in [1.29, 1.82) is 0 Å². The predicted octanol–water partition coefficient (Wildman–Crippen LogP) is 2.58. The van der Waals surface area contributed by atoms with Gasteiger partial charge < -0.3 is 9.79 Å². The van der Waals surface area contributed by atoms with Crippen molar-refractivity contribution in [2.45, 2.75) is 12.6 Å². The molecule has 0 radical (unpaired) electrons. The molecule has 3 nitrogen and oxygen atoms in total. The first kappa shape index (κ1) is 10.7. The van der Waals surface area contributed by atoms with Crippen molar-refractivity contribution in [3.8, 4) is 0 Å². The van der Waals surface area contributed by atoms with Gasteiger partial charge in [-0.25, -0.2) is 0 Å². The average Bonchev–Trinajstić information content (AvgIpc) is 2.03. The van der Waals surface area contributed by atoms with Crippen LogP contribution in [0.25, 0.3) is 0 Å². The summed E-state index contributed by atoms with van der Waals surface area (Å²) >= 11 is 5.64. The van der Waals surface area contributed by atoms with Crippen LogP contribution in [0.4, 0.5) is 0 Å². The van der Waals surface area contributed by atoms with Gasteiger partial charge in [0.2, 0.25) is 0 Å². The molecule has 2 N–H and O–H groups in total. The number of halogens is 1. The second-order valence-corrected chi connectivity index (χ2v) is 5.21. The molecule has 0 aromatic heterocycles. The van der Waals surface area contributed by atoms with E-state index in [0.29, 0.717) is 10.6 Å². The Labute approximate surface area is 81.5 Å². The van der Waals surface area contributed by atoms with Gasteiger partial charge in [0.25, 0.3) is 0 Å². The highest BCUT2D eigenvalue weighted by Gasteiger charge is 2.25. The van der Waals surface area contributed by atoms with Gasteiger partial charge in [0, 0.05) is 5.02 Å². The van der Waals surface area contributed by atoms with Gasteiger partial charge >= 0.3 is 7.60 Å². The SMILES string of the molecule is CC(c1ccc(Cl)cc1)P(=O)(O)O. The minimum Gasteiger partial charge on any atom is -0.324 e. The summed E-state index contributed by atoms with van der Waals surface area (Å²) < 4.78 is 10.9. The van der Waals surface area contributed by atoms with Gasteiger partial charge in [-0.1, -0.05) is 23.7 Å². The van der Waals surface area contributed by atoms with E-state index in [4.69, 9.17) is 21.4 Å². The second-order valence-electron chi connectivity index (χ2n) is 2.82. The smallest absolute Gasteiger partial charge is 0.324 e. The van der Waals surface area contributed by atoms with Crippen molar-refractivity contribution in [3.63, 3.8) is 0 Å². The van der Waals surface area contributed by atoms with Crippen LogP contribution in [0.15, 0.2) is 24.3 Å². The van der Waals surface area contributed by atoms with Crippen molar-refractivity contribution >= 4 is 19.2 Å². The topological polar surface area (TPSA) is 57.5 Å². The summed E-state index contributed by atoms with van der Waals surface area (Å²) in [7, 11) is -4.04. The number of hydrogen-bond donors (Lipinski definition) is 2. The zero-order valence-corrected chi connectivity index (χ0v) is 8.66. The van der Waals surface area contributed by atoms with Gasteiger partial charge in [-0.15, -0.1) is 0 Å². The van der Waals surface area contributed by atoms with E-state index in [1.807, 2.05) is 0 Å². The van der Waals surface area contributed by atoms with Crippen LogP contribution in [0.1, 0.15) is 18.1 Å². The van der Waals surface area contributed by atoms with Crippen LogP contribution in [0.5, 0.6) is 0 Å². The highest BCUT2D eigenvalue weighted by Crippen LogP contribution is 2.51. The van der Waals surface area contributed by atoms with Gasteiger partial charge in [-0.05, 0) is 24.6 Å². The summed E-state index contributed by atoms with van der Waals surface area (Å²) in [5.41, 5.74) is -0.178. The lowest BCUT2D eigenvalue weighted by Gasteiger charge is -2.13. The molecular formula is C8H10ClO3P. The zero-order valence-electron chi connectivity index (χ0n) is 7.01. The number of hydrogen-bond acceptors (Lipinski definition) is 1. The molecule has 1 aromatic rings. The zero-order chi connectivity index (χ0) is 10.1. The first-order chi connectivity index (χ1) is 5.91. The molecule has 0 fully saturated rings. The van der Waals surface area contributed by atoms with Crippen molar-refractivity contribution in [1.82, 2.24) is 0 Å². The Morgan fingerprint density at radius 2 is 1.77 bits per heavy atom. The summed E-state index contributed by atoms with van der Waals surface area (Å²) in [5, 5.41) is 0.557. The van der Waals surface area contributed by atoms with Gasteiger partial charge in [0.05, 0.1) is 5.66 Å². The van der Waals surface area contributed by atoms with Crippen LogP contribution in [0.2, 0.25) is 5.02 Å². The second kappa shape index (κ2) is 3.81. The summed E-state index contributed by atoms with van der Waals surface area (Å²) in [6.07, 6.45) is 0. The summed E-state index contributed by atoms with van der Waals surface area (Å²) in [4.78, 5) is 17.8. The molecule has 1 aromatic carbocycles. The normalized spacial score (nSPS) is 14.2. The third kappa shape index (κ3) is 2.82. The Kier molecular flexibility index (Phi) is 3.14. The standard InChI is InChI=1S/C8H10ClO3P/c1-6(13(10,11)12)7-2-4-8(9)5-3-7/h2-6H,1H3,(H2,10,11,12).